The van der Waals surface area contributed by atoms with Gasteiger partial charge in [-0.1, -0.05) is 11.8 Å². The van der Waals surface area contributed by atoms with E-state index in [1.807, 2.05) is 20.8 Å². The van der Waals surface area contributed by atoms with Gasteiger partial charge in [-0.2, -0.15) is 0 Å². The van der Waals surface area contributed by atoms with Crippen LogP contribution in [0.4, 0.5) is 0 Å². The number of fused-ring (bicyclic) bond motifs is 1. The monoisotopic (exact) mass is 416 g/mol. The Balaban J connectivity index is 1.76. The van der Waals surface area contributed by atoms with Crippen molar-refractivity contribution in [2.24, 2.45) is 0 Å². The predicted molar refractivity (Wildman–Crippen MR) is 103 cm³/mol. The van der Waals surface area contributed by atoms with Crippen LogP contribution in [0.25, 0.3) is 10.2 Å². The van der Waals surface area contributed by atoms with Crippen LogP contribution in [0, 0.1) is 13.8 Å². The summed E-state index contributed by atoms with van der Waals surface area (Å²) in [6, 6.07) is 0. The number of thiophene rings is 1. The molecule has 1 aliphatic heterocycles. The van der Waals surface area contributed by atoms with Crippen molar-refractivity contribution < 1.29 is 17.9 Å². The molecule has 1 atom stereocenters. The first-order valence-electron chi connectivity index (χ1n) is 8.25. The highest BCUT2D eigenvalue weighted by molar-refractivity contribution is 7.99. The van der Waals surface area contributed by atoms with E-state index in [9.17, 15) is 18.0 Å². The van der Waals surface area contributed by atoms with E-state index in [1.165, 1.54) is 11.3 Å². The molecule has 0 N–H and O–H groups in total. The number of esters is 1. The fourth-order valence-corrected chi connectivity index (χ4v) is 6.40. The van der Waals surface area contributed by atoms with E-state index >= 15 is 0 Å². The third kappa shape index (κ3) is 3.81. The lowest BCUT2D eigenvalue weighted by molar-refractivity contribution is -0.144. The summed E-state index contributed by atoms with van der Waals surface area (Å²) in [6.45, 7) is 6.18. The van der Waals surface area contributed by atoms with Crippen molar-refractivity contribution in [3.8, 4) is 0 Å². The summed E-state index contributed by atoms with van der Waals surface area (Å²) < 4.78 is 29.7. The van der Waals surface area contributed by atoms with Crippen LogP contribution in [-0.4, -0.2) is 47.3 Å². The first-order valence-corrected chi connectivity index (χ1v) is 11.9. The largest absolute Gasteiger partial charge is 0.461 e. The number of carbonyl (C=O) groups is 1. The number of aryl methyl sites for hydroxylation is 2. The number of rotatable bonds is 5. The lowest BCUT2D eigenvalue weighted by Gasteiger charge is -2.12. The van der Waals surface area contributed by atoms with Gasteiger partial charge in [-0.05, 0) is 32.8 Å². The summed E-state index contributed by atoms with van der Waals surface area (Å²) >= 11 is 2.61. The fraction of sp³-hybridized carbons (Fsp3) is 0.562. The number of carbonyl (C=O) groups excluding carboxylic acids is 1. The Morgan fingerprint density at radius 2 is 2.15 bits per heavy atom. The van der Waals surface area contributed by atoms with Crippen LogP contribution in [0.1, 0.15) is 23.8 Å². The van der Waals surface area contributed by atoms with Crippen LogP contribution in [-0.2, 0) is 25.9 Å². The Kier molecular flexibility index (Phi) is 5.45. The van der Waals surface area contributed by atoms with Crippen LogP contribution < -0.4 is 5.56 Å². The molecule has 1 aliphatic rings. The number of sulfone groups is 1. The van der Waals surface area contributed by atoms with Crippen molar-refractivity contribution in [1.82, 2.24) is 9.55 Å². The standard InChI is InChI=1S/C16H20N2O5S3/c1-4-18-15(20)13-9(2)10(3)25-14(13)17-16(18)24-7-12(19)23-11-5-6-26(21,22)8-11/h11H,4-8H2,1-3H3/t11-/m1/s1. The molecule has 0 radical (unpaired) electrons. The SMILES string of the molecule is CCn1c(SCC(=O)O[C@@H]2CCS(=O)(=O)C2)nc2sc(C)c(C)c2c1=O. The van der Waals surface area contributed by atoms with Crippen molar-refractivity contribution in [3.63, 3.8) is 0 Å². The molecule has 0 amide bonds. The van der Waals surface area contributed by atoms with Gasteiger partial charge < -0.3 is 4.74 Å². The topological polar surface area (TPSA) is 95.3 Å². The summed E-state index contributed by atoms with van der Waals surface area (Å²) in [5.74, 6) is -0.561. The molecule has 3 rings (SSSR count). The highest BCUT2D eigenvalue weighted by Crippen LogP contribution is 2.28. The van der Waals surface area contributed by atoms with Crippen molar-refractivity contribution in [1.29, 1.82) is 0 Å². The molecule has 2 aromatic rings. The molecule has 2 aromatic heterocycles. The minimum atomic E-state index is -3.09. The highest BCUT2D eigenvalue weighted by atomic mass is 32.2. The van der Waals surface area contributed by atoms with E-state index in [-0.39, 0.29) is 22.8 Å². The second-order valence-electron chi connectivity index (χ2n) is 6.21. The van der Waals surface area contributed by atoms with Gasteiger partial charge in [0.15, 0.2) is 15.0 Å². The Morgan fingerprint density at radius 1 is 1.42 bits per heavy atom. The van der Waals surface area contributed by atoms with Gasteiger partial charge >= 0.3 is 5.97 Å². The van der Waals surface area contributed by atoms with Gasteiger partial charge in [0.25, 0.3) is 5.56 Å². The molecule has 0 aliphatic carbocycles. The molecule has 7 nitrogen and oxygen atoms in total. The lowest BCUT2D eigenvalue weighted by Crippen LogP contribution is -2.24. The number of hydrogen-bond donors (Lipinski definition) is 0. The van der Waals surface area contributed by atoms with Crippen molar-refractivity contribution in [2.45, 2.75) is 45.0 Å². The number of aromatic nitrogens is 2. The van der Waals surface area contributed by atoms with Gasteiger partial charge in [-0.3, -0.25) is 14.2 Å². The van der Waals surface area contributed by atoms with Crippen molar-refractivity contribution >= 4 is 49.1 Å². The van der Waals surface area contributed by atoms with Gasteiger partial charge in [0, 0.05) is 11.4 Å². The Bertz CT molecular complexity index is 1020. The first kappa shape index (κ1) is 19.4. The Labute approximate surface area is 159 Å². The molecule has 0 saturated carbocycles. The molecule has 142 valence electrons. The van der Waals surface area contributed by atoms with E-state index in [4.69, 9.17) is 4.74 Å². The van der Waals surface area contributed by atoms with E-state index < -0.39 is 21.9 Å². The zero-order valence-corrected chi connectivity index (χ0v) is 17.2. The number of hydrogen-bond acceptors (Lipinski definition) is 8. The third-order valence-electron chi connectivity index (χ3n) is 4.38. The summed E-state index contributed by atoms with van der Waals surface area (Å²) in [5.41, 5.74) is 0.847. The van der Waals surface area contributed by atoms with Gasteiger partial charge in [0.1, 0.15) is 10.9 Å². The quantitative estimate of drug-likeness (QED) is 0.417. The summed E-state index contributed by atoms with van der Waals surface area (Å²) in [7, 11) is -3.09. The number of nitrogens with zero attached hydrogens (tertiary/aromatic N) is 2. The molecule has 0 aromatic carbocycles. The summed E-state index contributed by atoms with van der Waals surface area (Å²) in [6.07, 6.45) is -0.226. The zero-order valence-electron chi connectivity index (χ0n) is 14.8. The molecule has 1 saturated heterocycles. The molecule has 1 fully saturated rings. The predicted octanol–water partition coefficient (Wildman–Crippen LogP) is 1.92. The van der Waals surface area contributed by atoms with E-state index in [0.29, 0.717) is 28.3 Å². The maximum Gasteiger partial charge on any atom is 0.316 e. The average Bonchev–Trinajstić information content (AvgIpc) is 3.04. The van der Waals surface area contributed by atoms with Gasteiger partial charge in [0.05, 0.1) is 22.6 Å². The van der Waals surface area contributed by atoms with Crippen molar-refractivity contribution in [3.05, 3.63) is 20.8 Å². The molecule has 10 heteroatoms. The van der Waals surface area contributed by atoms with Crippen LogP contribution in [0.2, 0.25) is 0 Å². The Hall–Kier alpha value is -1.39. The van der Waals surface area contributed by atoms with E-state index in [2.05, 4.69) is 4.98 Å². The maximum absolute atomic E-state index is 12.7. The molecule has 3 heterocycles. The number of ether oxygens (including phenoxy) is 1. The van der Waals surface area contributed by atoms with Crippen LogP contribution in [0.5, 0.6) is 0 Å². The van der Waals surface area contributed by atoms with Gasteiger partial charge in [-0.15, -0.1) is 11.3 Å². The summed E-state index contributed by atoms with van der Waals surface area (Å²) in [5, 5.41) is 1.11. The Morgan fingerprint density at radius 3 is 2.77 bits per heavy atom. The second-order valence-corrected chi connectivity index (χ2v) is 10.6. The lowest BCUT2D eigenvalue weighted by atomic mass is 10.2. The minimum Gasteiger partial charge on any atom is -0.461 e. The third-order valence-corrected chi connectivity index (χ3v) is 8.17. The molecule has 0 spiro atoms. The smallest absolute Gasteiger partial charge is 0.316 e. The molecule has 26 heavy (non-hydrogen) atoms. The van der Waals surface area contributed by atoms with E-state index in [0.717, 1.165) is 22.2 Å². The normalized spacial score (nSPS) is 19.1. The summed E-state index contributed by atoms with van der Waals surface area (Å²) in [4.78, 5) is 31.1. The molecule has 0 unspecified atom stereocenters. The average molecular weight is 417 g/mol. The molecular formula is C16H20N2O5S3. The van der Waals surface area contributed by atoms with Crippen LogP contribution in [0.3, 0.4) is 0 Å². The van der Waals surface area contributed by atoms with E-state index in [1.54, 1.807) is 4.57 Å². The van der Waals surface area contributed by atoms with Crippen LogP contribution >= 0.6 is 23.1 Å². The zero-order chi connectivity index (χ0) is 19.1. The van der Waals surface area contributed by atoms with Gasteiger partial charge in [-0.25, -0.2) is 13.4 Å². The van der Waals surface area contributed by atoms with Crippen LogP contribution in [0.15, 0.2) is 9.95 Å². The number of thioether (sulfide) groups is 1. The minimum absolute atomic E-state index is 0.0160. The molecule has 0 bridgehead atoms. The van der Waals surface area contributed by atoms with Crippen molar-refractivity contribution in [2.75, 3.05) is 17.3 Å². The maximum atomic E-state index is 12.7. The second kappa shape index (κ2) is 7.32. The van der Waals surface area contributed by atoms with Gasteiger partial charge in [0.2, 0.25) is 0 Å². The first-order chi connectivity index (χ1) is 12.2. The molecular weight excluding hydrogens is 396 g/mol. The fourth-order valence-electron chi connectivity index (χ4n) is 2.89. The highest BCUT2D eigenvalue weighted by Gasteiger charge is 2.30.